The van der Waals surface area contributed by atoms with E-state index in [2.05, 4.69) is 22.4 Å². The van der Waals surface area contributed by atoms with Crippen LogP contribution >= 0.6 is 0 Å². The summed E-state index contributed by atoms with van der Waals surface area (Å²) < 4.78 is 2.60. The van der Waals surface area contributed by atoms with Crippen LogP contribution in [0.4, 0.5) is 5.82 Å². The van der Waals surface area contributed by atoms with Crippen molar-refractivity contribution >= 4 is 11.5 Å². The number of aryl methyl sites for hydroxylation is 1. The second-order valence-corrected chi connectivity index (χ2v) is 4.38. The van der Waals surface area contributed by atoms with Gasteiger partial charge in [-0.05, 0) is 18.6 Å². The fraction of sp³-hybridized carbons (Fsp3) is 0.583. The van der Waals surface area contributed by atoms with Crippen LogP contribution in [-0.2, 0) is 7.05 Å². The van der Waals surface area contributed by atoms with E-state index in [1.807, 2.05) is 6.07 Å². The predicted molar refractivity (Wildman–Crippen MR) is 70.9 cm³/mol. The van der Waals surface area contributed by atoms with Crippen LogP contribution in [0.2, 0.25) is 0 Å². The van der Waals surface area contributed by atoms with E-state index < -0.39 is 0 Å². The van der Waals surface area contributed by atoms with E-state index in [0.717, 1.165) is 13.0 Å². The molecule has 0 amide bonds. The molecule has 0 spiro atoms. The number of aromatic nitrogens is 4. The lowest BCUT2D eigenvalue weighted by atomic mass is 10.2. The minimum Gasteiger partial charge on any atom is -0.369 e. The summed E-state index contributed by atoms with van der Waals surface area (Å²) in [6, 6.07) is 3.64. The Hall–Kier alpha value is -1.85. The Balaban J connectivity index is 2.01. The molecule has 0 unspecified atom stereocenters. The maximum Gasteiger partial charge on any atom is 0.366 e. The average Bonchev–Trinajstić information content (AvgIpc) is 2.65. The second-order valence-electron chi connectivity index (χ2n) is 4.38. The number of rotatable bonds is 6. The van der Waals surface area contributed by atoms with Gasteiger partial charge in [0, 0.05) is 13.6 Å². The van der Waals surface area contributed by atoms with Gasteiger partial charge in [-0.3, -0.25) is 0 Å². The van der Waals surface area contributed by atoms with Crippen molar-refractivity contribution in [3.8, 4) is 0 Å². The summed E-state index contributed by atoms with van der Waals surface area (Å²) in [5, 5.41) is 11.5. The maximum absolute atomic E-state index is 11.7. The molecule has 0 saturated heterocycles. The maximum atomic E-state index is 11.7. The van der Waals surface area contributed by atoms with Crippen molar-refractivity contribution in [3.63, 3.8) is 0 Å². The van der Waals surface area contributed by atoms with Crippen LogP contribution in [0.15, 0.2) is 16.9 Å². The van der Waals surface area contributed by atoms with Crippen molar-refractivity contribution in [2.24, 2.45) is 7.05 Å². The third kappa shape index (κ3) is 2.69. The van der Waals surface area contributed by atoms with Crippen molar-refractivity contribution in [1.82, 2.24) is 19.4 Å². The first-order chi connectivity index (χ1) is 8.72. The average molecular weight is 249 g/mol. The monoisotopic (exact) mass is 249 g/mol. The van der Waals surface area contributed by atoms with E-state index in [0.29, 0.717) is 11.5 Å². The number of anilines is 1. The number of nitrogens with one attached hydrogen (secondary N) is 1. The van der Waals surface area contributed by atoms with Crippen LogP contribution in [0.5, 0.6) is 0 Å². The lowest BCUT2D eigenvalue weighted by Crippen LogP contribution is -2.20. The Labute approximate surface area is 106 Å². The van der Waals surface area contributed by atoms with Gasteiger partial charge in [0.25, 0.3) is 0 Å². The Kier molecular flexibility index (Phi) is 3.96. The van der Waals surface area contributed by atoms with Gasteiger partial charge in [-0.25, -0.2) is 9.48 Å². The van der Waals surface area contributed by atoms with Crippen molar-refractivity contribution in [1.29, 1.82) is 0 Å². The molecule has 0 atom stereocenters. The first-order valence-electron chi connectivity index (χ1n) is 6.39. The van der Waals surface area contributed by atoms with Crippen LogP contribution in [0.25, 0.3) is 5.65 Å². The van der Waals surface area contributed by atoms with Crippen molar-refractivity contribution in [3.05, 3.63) is 22.6 Å². The number of nitrogens with zero attached hydrogens (tertiary/aromatic N) is 4. The molecule has 0 saturated carbocycles. The highest BCUT2D eigenvalue weighted by atomic mass is 16.2. The fourth-order valence-electron chi connectivity index (χ4n) is 1.83. The lowest BCUT2D eigenvalue weighted by Gasteiger charge is -2.04. The van der Waals surface area contributed by atoms with Crippen LogP contribution in [0.1, 0.15) is 32.6 Å². The molecule has 0 aliphatic heterocycles. The standard InChI is InChI=1S/C12H19N5O/c1-3-4-5-6-9-13-10-7-8-11-15-16(2)12(18)17(11)14-10/h7-8H,3-6,9H2,1-2H3,(H,13,14). The number of hydrogen-bond donors (Lipinski definition) is 1. The molecule has 18 heavy (non-hydrogen) atoms. The van der Waals surface area contributed by atoms with Gasteiger partial charge in [-0.2, -0.15) is 4.52 Å². The summed E-state index contributed by atoms with van der Waals surface area (Å²) in [6.45, 7) is 3.07. The third-order valence-electron chi connectivity index (χ3n) is 2.86. The number of fused-ring (bicyclic) bond motifs is 1. The molecule has 0 radical (unpaired) electrons. The minimum absolute atomic E-state index is 0.223. The first-order valence-corrected chi connectivity index (χ1v) is 6.39. The van der Waals surface area contributed by atoms with E-state index in [1.165, 1.54) is 28.5 Å². The molecule has 0 aliphatic rings. The molecular weight excluding hydrogens is 230 g/mol. The molecule has 2 aromatic heterocycles. The molecule has 2 aromatic rings. The van der Waals surface area contributed by atoms with Crippen LogP contribution in [0.3, 0.4) is 0 Å². The summed E-state index contributed by atoms with van der Waals surface area (Å²) >= 11 is 0. The largest absolute Gasteiger partial charge is 0.369 e. The van der Waals surface area contributed by atoms with Crippen molar-refractivity contribution < 1.29 is 0 Å². The summed E-state index contributed by atoms with van der Waals surface area (Å²) in [7, 11) is 1.62. The zero-order valence-electron chi connectivity index (χ0n) is 10.9. The Bertz CT molecular complexity index is 571. The van der Waals surface area contributed by atoms with Gasteiger partial charge in [0.15, 0.2) is 5.65 Å². The van der Waals surface area contributed by atoms with Crippen molar-refractivity contribution in [2.45, 2.75) is 32.6 Å². The molecule has 6 nitrogen and oxygen atoms in total. The first kappa shape index (κ1) is 12.6. The van der Waals surface area contributed by atoms with Gasteiger partial charge in [0.1, 0.15) is 5.82 Å². The predicted octanol–water partition coefficient (Wildman–Crippen LogP) is 1.42. The Morgan fingerprint density at radius 1 is 1.22 bits per heavy atom. The lowest BCUT2D eigenvalue weighted by molar-refractivity contribution is 0.682. The van der Waals surface area contributed by atoms with Crippen LogP contribution < -0.4 is 11.0 Å². The minimum atomic E-state index is -0.223. The molecule has 2 rings (SSSR count). The normalized spacial score (nSPS) is 11.0. The Morgan fingerprint density at radius 3 is 2.83 bits per heavy atom. The summed E-state index contributed by atoms with van der Waals surface area (Å²) in [5.74, 6) is 0.717. The highest BCUT2D eigenvalue weighted by Crippen LogP contribution is 2.04. The molecular formula is C12H19N5O. The molecule has 2 heterocycles. The smallest absolute Gasteiger partial charge is 0.366 e. The molecule has 1 N–H and O–H groups in total. The van der Waals surface area contributed by atoms with Gasteiger partial charge < -0.3 is 5.32 Å². The molecule has 0 aliphatic carbocycles. The molecule has 98 valence electrons. The number of unbranched alkanes of at least 4 members (excludes halogenated alkanes) is 3. The molecule has 0 fully saturated rings. The number of hydrogen-bond acceptors (Lipinski definition) is 4. The van der Waals surface area contributed by atoms with E-state index in [9.17, 15) is 4.79 Å². The second kappa shape index (κ2) is 5.66. The van der Waals surface area contributed by atoms with Gasteiger partial charge in [0.05, 0.1) is 0 Å². The van der Waals surface area contributed by atoms with Gasteiger partial charge in [-0.1, -0.05) is 26.2 Å². The summed E-state index contributed by atoms with van der Waals surface area (Å²) in [4.78, 5) is 11.7. The zero-order chi connectivity index (χ0) is 13.0. The van der Waals surface area contributed by atoms with Gasteiger partial charge in [-0.15, -0.1) is 10.2 Å². The molecule has 0 aromatic carbocycles. The Morgan fingerprint density at radius 2 is 2.06 bits per heavy atom. The van der Waals surface area contributed by atoms with Crippen LogP contribution in [0, 0.1) is 0 Å². The SMILES string of the molecule is CCCCCCNc1ccc2nn(C)c(=O)n2n1. The molecule has 0 bridgehead atoms. The topological polar surface area (TPSA) is 64.2 Å². The molecule has 6 heteroatoms. The summed E-state index contributed by atoms with van der Waals surface area (Å²) in [5.41, 5.74) is 0.346. The highest BCUT2D eigenvalue weighted by molar-refractivity contribution is 5.42. The van der Waals surface area contributed by atoms with Gasteiger partial charge >= 0.3 is 5.69 Å². The van der Waals surface area contributed by atoms with Crippen LogP contribution in [-0.4, -0.2) is 25.9 Å². The van der Waals surface area contributed by atoms with E-state index >= 15 is 0 Å². The quantitative estimate of drug-likeness (QED) is 0.786. The van der Waals surface area contributed by atoms with E-state index in [-0.39, 0.29) is 5.69 Å². The van der Waals surface area contributed by atoms with Crippen molar-refractivity contribution in [2.75, 3.05) is 11.9 Å². The van der Waals surface area contributed by atoms with E-state index in [1.54, 1.807) is 13.1 Å². The highest BCUT2D eigenvalue weighted by Gasteiger charge is 2.05. The van der Waals surface area contributed by atoms with Gasteiger partial charge in [0.2, 0.25) is 0 Å². The van der Waals surface area contributed by atoms with E-state index in [4.69, 9.17) is 0 Å². The fourth-order valence-corrected chi connectivity index (χ4v) is 1.83. The zero-order valence-corrected chi connectivity index (χ0v) is 10.9. The third-order valence-corrected chi connectivity index (χ3v) is 2.86. The summed E-state index contributed by atoms with van der Waals surface area (Å²) in [6.07, 6.45) is 4.83.